The molecule has 5 nitrogen and oxygen atoms in total. The van der Waals surface area contributed by atoms with Gasteiger partial charge in [-0.05, 0) is 42.9 Å². The highest BCUT2D eigenvalue weighted by Gasteiger charge is 2.29. The van der Waals surface area contributed by atoms with Crippen LogP contribution in [0.25, 0.3) is 10.9 Å². The number of nitrogens with two attached hydrogens (primary N) is 1. The van der Waals surface area contributed by atoms with Gasteiger partial charge in [0.25, 0.3) is 5.91 Å². The predicted molar refractivity (Wildman–Crippen MR) is 84.0 cm³/mol. The summed E-state index contributed by atoms with van der Waals surface area (Å²) in [6.07, 6.45) is 4.44. The van der Waals surface area contributed by atoms with E-state index in [2.05, 4.69) is 29.4 Å². The van der Waals surface area contributed by atoms with Gasteiger partial charge >= 0.3 is 0 Å². The largest absolute Gasteiger partial charge is 0.399 e. The lowest BCUT2D eigenvalue weighted by Crippen LogP contribution is -2.40. The maximum Gasteiger partial charge on any atom is 0.272 e. The number of nitrogens with zero attached hydrogens (tertiary/aromatic N) is 1. The Morgan fingerprint density at radius 2 is 2.29 bits per heavy atom. The molecule has 2 aromatic rings. The van der Waals surface area contributed by atoms with Crippen molar-refractivity contribution in [3.8, 4) is 0 Å². The molecule has 0 radical (unpaired) electrons. The molecule has 1 heterocycles. The van der Waals surface area contributed by atoms with Crippen LogP contribution in [0.15, 0.2) is 18.2 Å². The van der Waals surface area contributed by atoms with E-state index in [9.17, 15) is 4.79 Å². The van der Waals surface area contributed by atoms with E-state index in [1.54, 1.807) is 12.1 Å². The molecule has 112 valence electrons. The molecule has 0 spiro atoms. The number of anilines is 1. The molecule has 0 saturated heterocycles. The Morgan fingerprint density at radius 1 is 1.48 bits per heavy atom. The topological polar surface area (TPSA) is 83.8 Å². The molecule has 1 atom stereocenters. The van der Waals surface area contributed by atoms with Crippen molar-refractivity contribution in [2.45, 2.75) is 45.6 Å². The van der Waals surface area contributed by atoms with Crippen molar-refractivity contribution in [3.05, 3.63) is 23.9 Å². The second-order valence-electron chi connectivity index (χ2n) is 6.81. The van der Waals surface area contributed by atoms with E-state index in [-0.39, 0.29) is 11.9 Å². The molecule has 21 heavy (non-hydrogen) atoms. The van der Waals surface area contributed by atoms with E-state index in [0.717, 1.165) is 30.2 Å². The number of rotatable bonds is 2. The highest BCUT2D eigenvalue weighted by atomic mass is 16.2. The van der Waals surface area contributed by atoms with Crippen LogP contribution in [0.3, 0.4) is 0 Å². The van der Waals surface area contributed by atoms with Crippen molar-refractivity contribution >= 4 is 22.5 Å². The van der Waals surface area contributed by atoms with Gasteiger partial charge in [-0.2, -0.15) is 5.10 Å². The number of nitrogens with one attached hydrogen (secondary N) is 2. The Morgan fingerprint density at radius 3 is 3.05 bits per heavy atom. The molecule has 1 unspecified atom stereocenters. The van der Waals surface area contributed by atoms with Crippen molar-refractivity contribution in [2.24, 2.45) is 5.41 Å². The zero-order valence-electron chi connectivity index (χ0n) is 12.6. The van der Waals surface area contributed by atoms with Gasteiger partial charge < -0.3 is 11.1 Å². The Labute approximate surface area is 124 Å². The van der Waals surface area contributed by atoms with Gasteiger partial charge in [-0.25, -0.2) is 0 Å². The van der Waals surface area contributed by atoms with Crippen LogP contribution >= 0.6 is 0 Å². The lowest BCUT2D eigenvalue weighted by molar-refractivity contribution is 0.0899. The molecule has 0 bridgehead atoms. The molecule has 1 amide bonds. The van der Waals surface area contributed by atoms with Crippen LogP contribution in [0, 0.1) is 5.41 Å². The van der Waals surface area contributed by atoms with Gasteiger partial charge in [0, 0.05) is 17.1 Å². The van der Waals surface area contributed by atoms with Gasteiger partial charge in [0.05, 0.1) is 5.52 Å². The summed E-state index contributed by atoms with van der Waals surface area (Å²) in [6.45, 7) is 4.52. The van der Waals surface area contributed by atoms with E-state index in [4.69, 9.17) is 5.73 Å². The molecule has 1 fully saturated rings. The fourth-order valence-electron chi connectivity index (χ4n) is 3.28. The minimum Gasteiger partial charge on any atom is -0.399 e. The van der Waals surface area contributed by atoms with Crippen LogP contribution < -0.4 is 11.1 Å². The normalized spacial score (nSPS) is 21.3. The fraction of sp³-hybridized carbons (Fsp3) is 0.500. The third-order valence-electron chi connectivity index (χ3n) is 4.34. The smallest absolute Gasteiger partial charge is 0.272 e. The zero-order valence-corrected chi connectivity index (χ0v) is 12.6. The second-order valence-corrected chi connectivity index (χ2v) is 6.81. The molecule has 5 heteroatoms. The monoisotopic (exact) mass is 286 g/mol. The lowest BCUT2D eigenvalue weighted by atomic mass is 9.75. The quantitative estimate of drug-likeness (QED) is 0.742. The first-order chi connectivity index (χ1) is 9.94. The van der Waals surface area contributed by atoms with E-state index in [1.165, 1.54) is 6.42 Å². The number of H-pyrrole nitrogens is 1. The van der Waals surface area contributed by atoms with E-state index < -0.39 is 0 Å². The highest BCUT2D eigenvalue weighted by molar-refractivity contribution is 6.05. The van der Waals surface area contributed by atoms with Crippen LogP contribution in [-0.2, 0) is 0 Å². The first-order valence-electron chi connectivity index (χ1n) is 7.49. The number of nitrogen functional groups attached to an aromatic ring is 1. The molecule has 1 aromatic heterocycles. The summed E-state index contributed by atoms with van der Waals surface area (Å²) in [5.74, 6) is -0.116. The number of benzene rings is 1. The third-order valence-corrected chi connectivity index (χ3v) is 4.34. The maximum atomic E-state index is 12.5. The lowest BCUT2D eigenvalue weighted by Gasteiger charge is -2.35. The van der Waals surface area contributed by atoms with Gasteiger partial charge in [-0.3, -0.25) is 9.89 Å². The first kappa shape index (κ1) is 13.9. The summed E-state index contributed by atoms with van der Waals surface area (Å²) in [5.41, 5.74) is 8.00. The molecule has 1 aliphatic rings. The molecule has 1 aromatic carbocycles. The summed E-state index contributed by atoms with van der Waals surface area (Å²) in [6, 6.07) is 5.66. The summed E-state index contributed by atoms with van der Waals surface area (Å²) < 4.78 is 0. The van der Waals surface area contributed by atoms with Gasteiger partial charge in [0.2, 0.25) is 0 Å². The average Bonchev–Trinajstić information content (AvgIpc) is 2.80. The molecule has 1 aliphatic carbocycles. The Hall–Kier alpha value is -2.04. The second kappa shape index (κ2) is 5.06. The number of aromatic nitrogens is 2. The standard InChI is InChI=1S/C16H22N4O/c1-16(2)7-3-4-11(9-16)18-15(21)14-12-8-10(17)5-6-13(12)19-20-14/h5-6,8,11H,3-4,7,9,17H2,1-2H3,(H,18,21)(H,19,20). The molecule has 1 saturated carbocycles. The van der Waals surface area contributed by atoms with Crippen LogP contribution in [0.4, 0.5) is 5.69 Å². The van der Waals surface area contributed by atoms with Crippen molar-refractivity contribution in [1.82, 2.24) is 15.5 Å². The maximum absolute atomic E-state index is 12.5. The van der Waals surface area contributed by atoms with Gasteiger partial charge in [0.15, 0.2) is 5.69 Å². The van der Waals surface area contributed by atoms with Crippen LogP contribution in [0.2, 0.25) is 0 Å². The van der Waals surface area contributed by atoms with Crippen LogP contribution in [-0.4, -0.2) is 22.1 Å². The number of hydrogen-bond acceptors (Lipinski definition) is 3. The van der Waals surface area contributed by atoms with Gasteiger partial charge in [-0.15, -0.1) is 0 Å². The SMILES string of the molecule is CC1(C)CCCC(NC(=O)c2n[nH]c3ccc(N)cc23)C1. The van der Waals surface area contributed by atoms with Crippen LogP contribution in [0.1, 0.15) is 50.0 Å². The molecule has 0 aliphatic heterocycles. The first-order valence-corrected chi connectivity index (χ1v) is 7.49. The summed E-state index contributed by atoms with van der Waals surface area (Å²) in [7, 11) is 0. The third kappa shape index (κ3) is 2.86. The number of hydrogen-bond donors (Lipinski definition) is 3. The molecular weight excluding hydrogens is 264 g/mol. The minimum atomic E-state index is -0.116. The summed E-state index contributed by atoms with van der Waals surface area (Å²) in [4.78, 5) is 12.5. The zero-order chi connectivity index (χ0) is 15.0. The van der Waals surface area contributed by atoms with Crippen molar-refractivity contribution in [1.29, 1.82) is 0 Å². The molecule has 4 N–H and O–H groups in total. The van der Waals surface area contributed by atoms with Crippen LogP contribution in [0.5, 0.6) is 0 Å². The number of carbonyl (C=O) groups excluding carboxylic acids is 1. The summed E-state index contributed by atoms with van der Waals surface area (Å²) in [5, 5.41) is 10.9. The van der Waals surface area contributed by atoms with Crippen molar-refractivity contribution in [2.75, 3.05) is 5.73 Å². The number of amides is 1. The van der Waals surface area contributed by atoms with Gasteiger partial charge in [0.1, 0.15) is 0 Å². The number of carbonyl (C=O) groups is 1. The number of aromatic amines is 1. The Bertz CT molecular complexity index is 674. The number of fused-ring (bicyclic) bond motifs is 1. The highest BCUT2D eigenvalue weighted by Crippen LogP contribution is 2.35. The van der Waals surface area contributed by atoms with Crippen molar-refractivity contribution in [3.63, 3.8) is 0 Å². The molecular formula is C16H22N4O. The van der Waals surface area contributed by atoms with E-state index in [0.29, 0.717) is 16.8 Å². The predicted octanol–water partition coefficient (Wildman–Crippen LogP) is 2.84. The van der Waals surface area contributed by atoms with E-state index >= 15 is 0 Å². The molecule has 3 rings (SSSR count). The van der Waals surface area contributed by atoms with Gasteiger partial charge in [-0.1, -0.05) is 20.3 Å². The Balaban J connectivity index is 1.79. The Kier molecular flexibility index (Phi) is 3.35. The summed E-state index contributed by atoms with van der Waals surface area (Å²) >= 11 is 0. The average molecular weight is 286 g/mol. The minimum absolute atomic E-state index is 0.116. The van der Waals surface area contributed by atoms with Crippen molar-refractivity contribution < 1.29 is 4.79 Å². The van der Waals surface area contributed by atoms with E-state index in [1.807, 2.05) is 6.07 Å². The fourth-order valence-corrected chi connectivity index (χ4v) is 3.28.